The Kier molecular flexibility index (Phi) is 7.44. The second kappa shape index (κ2) is 9.85. The van der Waals surface area contributed by atoms with Gasteiger partial charge in [0.2, 0.25) is 0 Å². The van der Waals surface area contributed by atoms with E-state index in [-0.39, 0.29) is 24.7 Å². The van der Waals surface area contributed by atoms with Gasteiger partial charge in [-0.1, -0.05) is 23.8 Å². The summed E-state index contributed by atoms with van der Waals surface area (Å²) in [6.45, 7) is 2.01. The second-order valence-corrected chi connectivity index (χ2v) is 8.62. The number of methoxy groups -OCH3 is 2. The van der Waals surface area contributed by atoms with E-state index in [4.69, 9.17) is 38.0 Å². The lowest BCUT2D eigenvalue weighted by Crippen LogP contribution is -2.26. The number of benzene rings is 2. The van der Waals surface area contributed by atoms with E-state index in [2.05, 4.69) is 5.32 Å². The maximum absolute atomic E-state index is 15.1. The largest absolute Gasteiger partial charge is 0.493 e. The van der Waals surface area contributed by atoms with Gasteiger partial charge in [-0.25, -0.2) is 4.39 Å². The Labute approximate surface area is 189 Å². The monoisotopic (exact) mass is 469 g/mol. The maximum atomic E-state index is 15.1. The van der Waals surface area contributed by atoms with E-state index in [0.717, 1.165) is 5.56 Å². The van der Waals surface area contributed by atoms with Crippen molar-refractivity contribution >= 4 is 52.2 Å². The molecular weight excluding hydrogens is 449 g/mol. The Morgan fingerprint density at radius 1 is 1.27 bits per heavy atom. The third-order valence-electron chi connectivity index (χ3n) is 4.60. The van der Waals surface area contributed by atoms with Crippen molar-refractivity contribution in [2.24, 2.45) is 0 Å². The fourth-order valence-electron chi connectivity index (χ4n) is 3.28. The van der Waals surface area contributed by atoms with E-state index >= 15 is 4.39 Å². The molecule has 160 valence electrons. The van der Waals surface area contributed by atoms with E-state index in [1.807, 2.05) is 0 Å². The highest BCUT2D eigenvalue weighted by Crippen LogP contribution is 2.51. The lowest BCUT2D eigenvalue weighted by Gasteiger charge is -2.24. The van der Waals surface area contributed by atoms with Crippen molar-refractivity contribution < 1.29 is 23.4 Å². The minimum absolute atomic E-state index is 0.0520. The van der Waals surface area contributed by atoms with Crippen LogP contribution in [0, 0.1) is 5.82 Å². The Balaban J connectivity index is 2.16. The standard InChI is InChI=1S/C21H21ClFNO4S2/c1-4-28-17(25)10-16-21(29)24-14-7-5-11(22)9-12(14)20(30-16)18-13(23)6-8-15(26-2)19(18)27-3/h5-9,16,20H,4,10H2,1-3H3,(H,24,29)/t16-,20+/m1/s1. The van der Waals surface area contributed by atoms with Crippen LogP contribution in [0.15, 0.2) is 30.3 Å². The molecule has 30 heavy (non-hydrogen) atoms. The van der Waals surface area contributed by atoms with Crippen molar-refractivity contribution in [2.45, 2.75) is 23.8 Å². The molecule has 0 bridgehead atoms. The molecule has 0 aromatic heterocycles. The summed E-state index contributed by atoms with van der Waals surface area (Å²) < 4.78 is 31.1. The number of hydrogen-bond donors (Lipinski definition) is 1. The molecule has 0 amide bonds. The highest BCUT2D eigenvalue weighted by molar-refractivity contribution is 8.02. The number of thiocarbonyl (C=S) groups is 1. The summed E-state index contributed by atoms with van der Waals surface area (Å²) in [6, 6.07) is 8.11. The minimum Gasteiger partial charge on any atom is -0.493 e. The van der Waals surface area contributed by atoms with Gasteiger partial charge in [-0.05, 0) is 42.8 Å². The molecule has 0 unspecified atom stereocenters. The summed E-state index contributed by atoms with van der Waals surface area (Å²) in [5.41, 5.74) is 1.72. The molecule has 3 rings (SSSR count). The van der Waals surface area contributed by atoms with Gasteiger partial charge in [-0.15, -0.1) is 11.8 Å². The summed E-state index contributed by atoms with van der Waals surface area (Å²) in [6.07, 6.45) is 0.0520. The number of anilines is 1. The van der Waals surface area contributed by atoms with Crippen molar-refractivity contribution in [1.29, 1.82) is 0 Å². The van der Waals surface area contributed by atoms with Gasteiger partial charge in [-0.3, -0.25) is 4.79 Å². The first-order valence-electron chi connectivity index (χ1n) is 9.21. The zero-order chi connectivity index (χ0) is 21.8. The molecule has 2 aromatic carbocycles. The smallest absolute Gasteiger partial charge is 0.307 e. The predicted molar refractivity (Wildman–Crippen MR) is 122 cm³/mol. The maximum Gasteiger partial charge on any atom is 0.307 e. The van der Waals surface area contributed by atoms with Crippen LogP contribution in [-0.4, -0.2) is 37.0 Å². The molecular formula is C21H21ClFNO4S2. The van der Waals surface area contributed by atoms with Gasteiger partial charge in [0.05, 0.1) is 48.3 Å². The zero-order valence-corrected chi connectivity index (χ0v) is 19.1. The number of carbonyl (C=O) groups is 1. The number of esters is 1. The third kappa shape index (κ3) is 4.66. The molecule has 2 aromatic rings. The number of ether oxygens (including phenoxy) is 3. The van der Waals surface area contributed by atoms with Crippen LogP contribution in [0.1, 0.15) is 29.7 Å². The zero-order valence-electron chi connectivity index (χ0n) is 16.7. The molecule has 5 nitrogen and oxygen atoms in total. The van der Waals surface area contributed by atoms with Gasteiger partial charge in [0.1, 0.15) is 5.82 Å². The molecule has 9 heteroatoms. The predicted octanol–water partition coefficient (Wildman–Crippen LogP) is 5.39. The molecule has 1 heterocycles. The summed E-state index contributed by atoms with van der Waals surface area (Å²) >= 11 is 13.2. The molecule has 0 saturated carbocycles. The Bertz CT molecular complexity index is 972. The molecule has 0 saturated heterocycles. The van der Waals surface area contributed by atoms with E-state index in [1.165, 1.54) is 38.1 Å². The number of rotatable bonds is 6. The average Bonchev–Trinajstić information content (AvgIpc) is 2.84. The van der Waals surface area contributed by atoms with Crippen molar-refractivity contribution in [3.8, 4) is 11.5 Å². The Morgan fingerprint density at radius 2 is 2.03 bits per heavy atom. The normalized spacial score (nSPS) is 18.1. The molecule has 1 N–H and O–H groups in total. The summed E-state index contributed by atoms with van der Waals surface area (Å²) in [5.74, 6) is -0.151. The van der Waals surface area contributed by atoms with E-state index < -0.39 is 16.3 Å². The first-order chi connectivity index (χ1) is 14.4. The highest BCUT2D eigenvalue weighted by Gasteiger charge is 2.35. The molecule has 1 aliphatic rings. The molecule has 0 radical (unpaired) electrons. The van der Waals surface area contributed by atoms with E-state index in [1.54, 1.807) is 25.1 Å². The topological polar surface area (TPSA) is 56.8 Å². The van der Waals surface area contributed by atoms with Crippen LogP contribution in [0.5, 0.6) is 11.5 Å². The number of nitrogens with one attached hydrogen (secondary N) is 1. The van der Waals surface area contributed by atoms with Crippen LogP contribution in [0.2, 0.25) is 5.02 Å². The number of thioether (sulfide) groups is 1. The van der Waals surface area contributed by atoms with Crippen LogP contribution in [-0.2, 0) is 9.53 Å². The van der Waals surface area contributed by atoms with E-state index in [9.17, 15) is 4.79 Å². The van der Waals surface area contributed by atoms with Gasteiger partial charge in [0.25, 0.3) is 0 Å². The van der Waals surface area contributed by atoms with Crippen LogP contribution in [0.3, 0.4) is 0 Å². The van der Waals surface area contributed by atoms with Gasteiger partial charge < -0.3 is 19.5 Å². The first-order valence-corrected chi connectivity index (χ1v) is 10.9. The lowest BCUT2D eigenvalue weighted by atomic mass is 10.0. The number of halogens is 2. The molecule has 0 spiro atoms. The van der Waals surface area contributed by atoms with Gasteiger partial charge in [0.15, 0.2) is 11.5 Å². The summed E-state index contributed by atoms with van der Waals surface area (Å²) in [5, 5.41) is 2.68. The quantitative estimate of drug-likeness (QED) is 0.449. The van der Waals surface area contributed by atoms with Crippen LogP contribution in [0.25, 0.3) is 0 Å². The number of fused-ring (bicyclic) bond motifs is 1. The fraction of sp³-hybridized carbons (Fsp3) is 0.333. The Morgan fingerprint density at radius 3 is 2.70 bits per heavy atom. The second-order valence-electron chi connectivity index (χ2n) is 6.43. The summed E-state index contributed by atoms with van der Waals surface area (Å²) in [7, 11) is 2.95. The van der Waals surface area contributed by atoms with Gasteiger partial charge in [-0.2, -0.15) is 0 Å². The fourth-order valence-corrected chi connectivity index (χ4v) is 5.26. The number of carbonyl (C=O) groups excluding carboxylic acids is 1. The molecule has 0 aliphatic carbocycles. The van der Waals surface area contributed by atoms with Gasteiger partial charge >= 0.3 is 5.97 Å². The van der Waals surface area contributed by atoms with Crippen molar-refractivity contribution in [3.63, 3.8) is 0 Å². The van der Waals surface area contributed by atoms with Gasteiger partial charge in [0, 0.05) is 10.7 Å². The van der Waals surface area contributed by atoms with Crippen LogP contribution in [0.4, 0.5) is 10.1 Å². The summed E-state index contributed by atoms with van der Waals surface area (Å²) in [4.78, 5) is 12.6. The van der Waals surface area contributed by atoms with Crippen molar-refractivity contribution in [3.05, 3.63) is 52.3 Å². The lowest BCUT2D eigenvalue weighted by molar-refractivity contribution is -0.142. The van der Waals surface area contributed by atoms with Crippen LogP contribution < -0.4 is 14.8 Å². The van der Waals surface area contributed by atoms with Crippen molar-refractivity contribution in [1.82, 2.24) is 0 Å². The van der Waals surface area contributed by atoms with Crippen LogP contribution >= 0.6 is 35.6 Å². The SMILES string of the molecule is CCOC(=O)C[C@H]1S[C@H](c2c(F)ccc(OC)c2OC)c2cc(Cl)ccc2NC1=S. The minimum atomic E-state index is -0.559. The van der Waals surface area contributed by atoms with Crippen molar-refractivity contribution in [2.75, 3.05) is 26.1 Å². The van der Waals surface area contributed by atoms with E-state index in [0.29, 0.717) is 27.0 Å². The molecule has 0 fully saturated rings. The first kappa shape index (κ1) is 22.7. The molecule has 2 atom stereocenters. The average molecular weight is 470 g/mol. The number of hydrogen-bond acceptors (Lipinski definition) is 6. The third-order valence-corrected chi connectivity index (χ3v) is 6.86. The Hall–Kier alpha value is -2.03. The molecule has 1 aliphatic heterocycles. The highest BCUT2D eigenvalue weighted by atomic mass is 35.5.